The van der Waals surface area contributed by atoms with E-state index in [-0.39, 0.29) is 6.10 Å². The van der Waals surface area contributed by atoms with Crippen molar-refractivity contribution in [2.75, 3.05) is 25.6 Å². The summed E-state index contributed by atoms with van der Waals surface area (Å²) in [6.45, 7) is 3.52. The first-order valence-corrected chi connectivity index (χ1v) is 7.13. The minimum Gasteiger partial charge on any atom is -0.374 e. The number of morpholine rings is 1. The Morgan fingerprint density at radius 1 is 1.32 bits per heavy atom. The third-order valence-electron chi connectivity index (χ3n) is 3.51. The van der Waals surface area contributed by atoms with Gasteiger partial charge in [-0.1, -0.05) is 24.3 Å². The third kappa shape index (κ3) is 2.89. The molecule has 1 atom stereocenters. The highest BCUT2D eigenvalue weighted by atomic mass is 35.5. The van der Waals surface area contributed by atoms with Gasteiger partial charge in [0.1, 0.15) is 0 Å². The zero-order chi connectivity index (χ0) is 13.1. The minimum atomic E-state index is 0.151. The molecule has 2 aromatic rings. The van der Waals surface area contributed by atoms with Crippen LogP contribution in [-0.2, 0) is 11.3 Å². The zero-order valence-corrected chi connectivity index (χ0v) is 11.5. The first-order valence-electron chi connectivity index (χ1n) is 6.59. The second kappa shape index (κ2) is 5.87. The smallest absolute Gasteiger partial charge is 0.0837 e. The van der Waals surface area contributed by atoms with Gasteiger partial charge in [0.2, 0.25) is 0 Å². The number of hydrogen-bond donors (Lipinski definition) is 0. The molecule has 0 radical (unpaired) electrons. The number of alkyl halides is 1. The van der Waals surface area contributed by atoms with Crippen molar-refractivity contribution in [3.63, 3.8) is 0 Å². The Labute approximate surface area is 118 Å². The highest BCUT2D eigenvalue weighted by molar-refractivity contribution is 6.18. The molecule has 0 bridgehead atoms. The number of aromatic nitrogens is 1. The quantitative estimate of drug-likeness (QED) is 0.806. The largest absolute Gasteiger partial charge is 0.374 e. The average Bonchev–Trinajstić information content (AvgIpc) is 2.48. The van der Waals surface area contributed by atoms with Crippen LogP contribution in [0.15, 0.2) is 36.5 Å². The van der Waals surface area contributed by atoms with Gasteiger partial charge in [-0.05, 0) is 11.6 Å². The maximum absolute atomic E-state index is 5.88. The fraction of sp³-hybridized carbons (Fsp3) is 0.400. The van der Waals surface area contributed by atoms with Crippen LogP contribution in [0.2, 0.25) is 0 Å². The molecule has 1 saturated heterocycles. The first-order chi connectivity index (χ1) is 9.36. The van der Waals surface area contributed by atoms with Crippen LogP contribution in [0, 0.1) is 0 Å². The lowest BCUT2D eigenvalue weighted by molar-refractivity contribution is -0.0192. The van der Waals surface area contributed by atoms with E-state index in [2.05, 4.69) is 34.1 Å². The molecule has 1 aromatic heterocycles. The Morgan fingerprint density at radius 3 is 3.11 bits per heavy atom. The SMILES string of the molecule is ClCC1CN(Cc2cccc3cccnc23)CCO1. The van der Waals surface area contributed by atoms with E-state index in [0.29, 0.717) is 5.88 Å². The molecular weight excluding hydrogens is 260 g/mol. The second-order valence-corrected chi connectivity index (χ2v) is 5.18. The Balaban J connectivity index is 1.81. The van der Waals surface area contributed by atoms with Crippen LogP contribution in [-0.4, -0.2) is 41.6 Å². The Hall–Kier alpha value is -1.16. The van der Waals surface area contributed by atoms with Crippen molar-refractivity contribution in [1.29, 1.82) is 0 Å². The maximum Gasteiger partial charge on any atom is 0.0837 e. The molecule has 0 amide bonds. The Morgan fingerprint density at radius 2 is 2.21 bits per heavy atom. The molecular formula is C15H17ClN2O. The second-order valence-electron chi connectivity index (χ2n) is 4.87. The number of fused-ring (bicyclic) bond motifs is 1. The van der Waals surface area contributed by atoms with Crippen LogP contribution in [0.5, 0.6) is 0 Å². The van der Waals surface area contributed by atoms with Crippen LogP contribution >= 0.6 is 11.6 Å². The summed E-state index contributed by atoms with van der Waals surface area (Å²) >= 11 is 5.88. The van der Waals surface area contributed by atoms with E-state index in [4.69, 9.17) is 16.3 Å². The molecule has 100 valence electrons. The number of nitrogens with zero attached hydrogens (tertiary/aromatic N) is 2. The molecule has 2 heterocycles. The highest BCUT2D eigenvalue weighted by Gasteiger charge is 2.20. The summed E-state index contributed by atoms with van der Waals surface area (Å²) in [7, 11) is 0. The molecule has 19 heavy (non-hydrogen) atoms. The summed E-state index contributed by atoms with van der Waals surface area (Å²) in [4.78, 5) is 6.89. The van der Waals surface area contributed by atoms with E-state index in [9.17, 15) is 0 Å². The number of benzene rings is 1. The van der Waals surface area contributed by atoms with E-state index in [1.54, 1.807) is 0 Å². The summed E-state index contributed by atoms with van der Waals surface area (Å²) in [5.41, 5.74) is 2.37. The lowest BCUT2D eigenvalue weighted by Gasteiger charge is -2.32. The molecule has 3 nitrogen and oxygen atoms in total. The van der Waals surface area contributed by atoms with E-state index >= 15 is 0 Å². The Bertz CT molecular complexity index is 555. The molecule has 1 aliphatic heterocycles. The first kappa shape index (κ1) is 12.9. The molecule has 3 rings (SSSR count). The van der Waals surface area contributed by atoms with Gasteiger partial charge in [0.15, 0.2) is 0 Å². The fourth-order valence-electron chi connectivity index (χ4n) is 2.55. The molecule has 4 heteroatoms. The molecule has 1 aromatic carbocycles. The molecule has 0 saturated carbocycles. The molecule has 0 aliphatic carbocycles. The highest BCUT2D eigenvalue weighted by Crippen LogP contribution is 2.19. The zero-order valence-electron chi connectivity index (χ0n) is 10.8. The van der Waals surface area contributed by atoms with E-state index in [1.807, 2.05) is 12.3 Å². The van der Waals surface area contributed by atoms with Gasteiger partial charge in [0.25, 0.3) is 0 Å². The molecule has 0 N–H and O–H groups in total. The third-order valence-corrected chi connectivity index (χ3v) is 3.85. The van der Waals surface area contributed by atoms with Crippen molar-refractivity contribution in [3.8, 4) is 0 Å². The maximum atomic E-state index is 5.88. The van der Waals surface area contributed by atoms with Crippen molar-refractivity contribution in [2.45, 2.75) is 12.6 Å². The fourth-order valence-corrected chi connectivity index (χ4v) is 2.74. The lowest BCUT2D eigenvalue weighted by atomic mass is 10.1. The number of ether oxygens (including phenoxy) is 1. The van der Waals surface area contributed by atoms with Crippen molar-refractivity contribution in [2.24, 2.45) is 0 Å². The van der Waals surface area contributed by atoms with Crippen LogP contribution in [0.3, 0.4) is 0 Å². The summed E-state index contributed by atoms with van der Waals surface area (Å²) in [6.07, 6.45) is 2.01. The predicted molar refractivity (Wildman–Crippen MR) is 77.5 cm³/mol. The number of halogens is 1. The van der Waals surface area contributed by atoms with Crippen LogP contribution in [0.1, 0.15) is 5.56 Å². The summed E-state index contributed by atoms with van der Waals surface area (Å²) in [5, 5.41) is 1.20. The Kier molecular flexibility index (Phi) is 3.97. The summed E-state index contributed by atoms with van der Waals surface area (Å²) in [5.74, 6) is 0.560. The van der Waals surface area contributed by atoms with Crippen molar-refractivity contribution in [3.05, 3.63) is 42.1 Å². The van der Waals surface area contributed by atoms with Gasteiger partial charge in [-0.3, -0.25) is 9.88 Å². The standard InChI is InChI=1S/C15H17ClN2O/c16-9-14-11-18(7-8-19-14)10-13-4-1-3-12-5-2-6-17-15(12)13/h1-6,14H,7-11H2. The normalized spacial score (nSPS) is 20.8. The topological polar surface area (TPSA) is 25.4 Å². The summed E-state index contributed by atoms with van der Waals surface area (Å²) < 4.78 is 5.59. The van der Waals surface area contributed by atoms with Crippen LogP contribution in [0.4, 0.5) is 0 Å². The van der Waals surface area contributed by atoms with Gasteiger partial charge in [0, 0.05) is 37.1 Å². The van der Waals surface area contributed by atoms with Gasteiger partial charge in [0.05, 0.1) is 18.2 Å². The predicted octanol–water partition coefficient (Wildman–Crippen LogP) is 2.67. The molecule has 1 unspecified atom stereocenters. The van der Waals surface area contributed by atoms with Gasteiger partial charge < -0.3 is 4.74 Å². The van der Waals surface area contributed by atoms with Crippen molar-refractivity contribution < 1.29 is 4.74 Å². The number of pyridine rings is 1. The van der Waals surface area contributed by atoms with E-state index in [1.165, 1.54) is 10.9 Å². The molecule has 1 aliphatic rings. The lowest BCUT2D eigenvalue weighted by Crippen LogP contribution is -2.42. The average molecular weight is 277 g/mol. The van der Waals surface area contributed by atoms with Gasteiger partial charge in [-0.2, -0.15) is 0 Å². The van der Waals surface area contributed by atoms with Crippen molar-refractivity contribution in [1.82, 2.24) is 9.88 Å². The number of para-hydroxylation sites is 1. The molecule has 0 spiro atoms. The minimum absolute atomic E-state index is 0.151. The number of hydrogen-bond acceptors (Lipinski definition) is 3. The van der Waals surface area contributed by atoms with E-state index in [0.717, 1.165) is 31.8 Å². The monoisotopic (exact) mass is 276 g/mol. The van der Waals surface area contributed by atoms with Crippen molar-refractivity contribution >= 4 is 22.5 Å². The molecule has 1 fully saturated rings. The van der Waals surface area contributed by atoms with Crippen LogP contribution in [0.25, 0.3) is 10.9 Å². The van der Waals surface area contributed by atoms with Gasteiger partial charge >= 0.3 is 0 Å². The van der Waals surface area contributed by atoms with Gasteiger partial charge in [-0.15, -0.1) is 11.6 Å². The van der Waals surface area contributed by atoms with E-state index < -0.39 is 0 Å². The number of rotatable bonds is 3. The van der Waals surface area contributed by atoms with Gasteiger partial charge in [-0.25, -0.2) is 0 Å². The van der Waals surface area contributed by atoms with Crippen LogP contribution < -0.4 is 0 Å². The summed E-state index contributed by atoms with van der Waals surface area (Å²) in [6, 6.07) is 10.4.